The number of aliphatic hydroxyl groups is 1. The van der Waals surface area contributed by atoms with Gasteiger partial charge in [0, 0.05) is 16.6 Å². The monoisotopic (exact) mass is 565 g/mol. The fraction of sp³-hybridized carbons (Fsp3) is 0.516. The van der Waals surface area contributed by atoms with Crippen molar-refractivity contribution in [2.24, 2.45) is 17.8 Å². The second-order valence-corrected chi connectivity index (χ2v) is 12.8. The molecule has 0 aromatic heterocycles. The van der Waals surface area contributed by atoms with Crippen LogP contribution in [-0.4, -0.2) is 63.0 Å². The SMILES string of the molecule is CCOc1ccc(NC(=O)[C@@H]2[C@@H]3CC(C)C4(S3)C(C(=O)Nc3c(C)cccc3C)N([C@@H](CC)CO)C(=O)[C@H]24)cc1. The molecule has 7 atom stereocenters. The van der Waals surface area contributed by atoms with Crippen LogP contribution in [0.3, 0.4) is 0 Å². The summed E-state index contributed by atoms with van der Waals surface area (Å²) in [6.07, 6.45) is 1.25. The van der Waals surface area contributed by atoms with E-state index in [1.807, 2.05) is 58.0 Å². The number of likely N-dealkylation sites (tertiary alicyclic amines) is 1. The van der Waals surface area contributed by atoms with Crippen LogP contribution >= 0.6 is 11.8 Å². The van der Waals surface area contributed by atoms with Gasteiger partial charge in [0.2, 0.25) is 17.7 Å². The predicted molar refractivity (Wildman–Crippen MR) is 157 cm³/mol. The van der Waals surface area contributed by atoms with Crippen LogP contribution in [0.2, 0.25) is 0 Å². The van der Waals surface area contributed by atoms with Gasteiger partial charge in [0.05, 0.1) is 35.8 Å². The van der Waals surface area contributed by atoms with E-state index in [0.717, 1.165) is 29.0 Å². The number of carbonyl (C=O) groups excluding carboxylic acids is 3. The lowest BCUT2D eigenvalue weighted by molar-refractivity contribution is -0.141. The fourth-order valence-electron chi connectivity index (χ4n) is 7.10. The molecule has 2 aromatic rings. The van der Waals surface area contributed by atoms with Gasteiger partial charge >= 0.3 is 0 Å². The van der Waals surface area contributed by atoms with Crippen LogP contribution in [-0.2, 0) is 14.4 Å². The molecule has 3 aliphatic heterocycles. The van der Waals surface area contributed by atoms with Crippen molar-refractivity contribution in [3.05, 3.63) is 53.6 Å². The maximum atomic E-state index is 14.3. The van der Waals surface area contributed by atoms with Gasteiger partial charge in [0.25, 0.3) is 0 Å². The first-order valence-electron chi connectivity index (χ1n) is 14.2. The van der Waals surface area contributed by atoms with Crippen molar-refractivity contribution in [1.82, 2.24) is 4.90 Å². The zero-order valence-electron chi connectivity index (χ0n) is 23.8. The number of nitrogens with zero attached hydrogens (tertiary/aromatic N) is 1. The summed E-state index contributed by atoms with van der Waals surface area (Å²) < 4.78 is 4.75. The van der Waals surface area contributed by atoms with E-state index in [1.54, 1.807) is 28.8 Å². The summed E-state index contributed by atoms with van der Waals surface area (Å²) in [5.41, 5.74) is 3.26. The van der Waals surface area contributed by atoms with Gasteiger partial charge in [-0.25, -0.2) is 0 Å². The van der Waals surface area contributed by atoms with Gasteiger partial charge < -0.3 is 25.4 Å². The van der Waals surface area contributed by atoms with E-state index in [0.29, 0.717) is 18.7 Å². The molecule has 2 aromatic carbocycles. The van der Waals surface area contributed by atoms with Crippen molar-refractivity contribution in [2.45, 2.75) is 69.5 Å². The lowest BCUT2D eigenvalue weighted by Gasteiger charge is -2.40. The first-order chi connectivity index (χ1) is 19.2. The van der Waals surface area contributed by atoms with Crippen molar-refractivity contribution < 1.29 is 24.2 Å². The molecule has 40 heavy (non-hydrogen) atoms. The lowest BCUT2D eigenvalue weighted by atomic mass is 9.65. The molecule has 1 spiro atoms. The number of aliphatic hydroxyl groups excluding tert-OH is 1. The van der Waals surface area contributed by atoms with E-state index in [2.05, 4.69) is 17.6 Å². The van der Waals surface area contributed by atoms with E-state index in [1.165, 1.54) is 0 Å². The molecule has 3 aliphatic rings. The van der Waals surface area contributed by atoms with Crippen molar-refractivity contribution in [2.75, 3.05) is 23.8 Å². The molecule has 3 heterocycles. The second-order valence-electron chi connectivity index (χ2n) is 11.2. The standard InChI is InChI=1S/C31H39N3O5S/c1-6-21(16-35)34-27(29(37)33-26-17(3)9-8-10-18(26)4)31-19(5)15-23(40-31)24(25(31)30(34)38)28(36)32-20-11-13-22(14-12-20)39-7-2/h8-14,19,21,23-25,27,35H,6-7,15-16H2,1-5H3,(H,32,36)(H,33,37)/t19?,21-,23-,24+,25-,27?,31?/m0/s1. The Balaban J connectivity index is 1.50. The number of amides is 3. The Morgan fingerprint density at radius 3 is 2.38 bits per heavy atom. The van der Waals surface area contributed by atoms with E-state index < -0.39 is 28.7 Å². The van der Waals surface area contributed by atoms with Gasteiger partial charge in [-0.05, 0) is 74.9 Å². The molecule has 3 saturated heterocycles. The number of fused-ring (bicyclic) bond motifs is 1. The van der Waals surface area contributed by atoms with Crippen LogP contribution in [0.25, 0.3) is 0 Å². The van der Waals surface area contributed by atoms with Crippen LogP contribution in [0, 0.1) is 31.6 Å². The third-order valence-corrected chi connectivity index (χ3v) is 11.0. The first kappa shape index (κ1) is 28.5. The Labute approximate surface area is 240 Å². The Bertz CT molecular complexity index is 1280. The maximum absolute atomic E-state index is 14.3. The third kappa shape index (κ3) is 4.47. The number of para-hydroxylation sites is 1. The van der Waals surface area contributed by atoms with Crippen LogP contribution in [0.1, 0.15) is 44.7 Å². The number of hydrogen-bond donors (Lipinski definition) is 3. The number of nitrogens with one attached hydrogen (secondary N) is 2. The van der Waals surface area contributed by atoms with Gasteiger partial charge in [-0.3, -0.25) is 14.4 Å². The minimum absolute atomic E-state index is 0.0425. The topological polar surface area (TPSA) is 108 Å². The van der Waals surface area contributed by atoms with Crippen LogP contribution in [0.5, 0.6) is 5.75 Å². The number of carbonyl (C=O) groups is 3. The summed E-state index contributed by atoms with van der Waals surface area (Å²) in [5, 5.41) is 16.4. The molecular weight excluding hydrogens is 526 g/mol. The largest absolute Gasteiger partial charge is 0.494 e. The molecule has 3 amide bonds. The number of rotatable bonds is 9. The molecule has 0 saturated carbocycles. The summed E-state index contributed by atoms with van der Waals surface area (Å²) in [4.78, 5) is 43.9. The third-order valence-electron chi connectivity index (χ3n) is 8.97. The van der Waals surface area contributed by atoms with E-state index in [9.17, 15) is 19.5 Å². The average molecular weight is 566 g/mol. The average Bonchev–Trinajstić information content (AvgIpc) is 3.52. The van der Waals surface area contributed by atoms with Crippen LogP contribution in [0.4, 0.5) is 11.4 Å². The molecule has 2 bridgehead atoms. The maximum Gasteiger partial charge on any atom is 0.248 e. The minimum atomic E-state index is -0.797. The lowest BCUT2D eigenvalue weighted by Crippen LogP contribution is -2.57. The highest BCUT2D eigenvalue weighted by atomic mass is 32.2. The van der Waals surface area contributed by atoms with Gasteiger partial charge in [0.1, 0.15) is 11.8 Å². The smallest absolute Gasteiger partial charge is 0.248 e. The molecule has 3 fully saturated rings. The summed E-state index contributed by atoms with van der Waals surface area (Å²) in [6.45, 7) is 10.1. The number of ether oxygens (including phenoxy) is 1. The molecule has 8 nitrogen and oxygen atoms in total. The Kier molecular flexibility index (Phi) is 7.90. The number of anilines is 2. The molecule has 214 valence electrons. The second kappa shape index (κ2) is 11.1. The van der Waals surface area contributed by atoms with Crippen LogP contribution < -0.4 is 15.4 Å². The van der Waals surface area contributed by atoms with Crippen LogP contribution in [0.15, 0.2) is 42.5 Å². The highest BCUT2D eigenvalue weighted by Gasteiger charge is 2.76. The highest BCUT2D eigenvalue weighted by Crippen LogP contribution is 2.69. The molecule has 3 unspecified atom stereocenters. The van der Waals surface area contributed by atoms with Gasteiger partial charge in [-0.15, -0.1) is 11.8 Å². The van der Waals surface area contributed by atoms with E-state index >= 15 is 0 Å². The Morgan fingerprint density at radius 2 is 1.77 bits per heavy atom. The molecular formula is C31H39N3O5S. The number of thioether (sulfide) groups is 1. The van der Waals surface area contributed by atoms with Crippen molar-refractivity contribution in [3.8, 4) is 5.75 Å². The summed E-state index contributed by atoms with van der Waals surface area (Å²) >= 11 is 1.63. The molecule has 0 aliphatic carbocycles. The van der Waals surface area contributed by atoms with Crippen molar-refractivity contribution >= 4 is 40.9 Å². The molecule has 5 rings (SSSR count). The Morgan fingerprint density at radius 1 is 1.10 bits per heavy atom. The molecule has 0 radical (unpaired) electrons. The van der Waals surface area contributed by atoms with Gasteiger partial charge in [-0.2, -0.15) is 0 Å². The van der Waals surface area contributed by atoms with Gasteiger partial charge in [0.15, 0.2) is 0 Å². The Hall–Kier alpha value is -3.04. The highest BCUT2D eigenvalue weighted by molar-refractivity contribution is 8.02. The van der Waals surface area contributed by atoms with E-state index in [-0.39, 0.29) is 35.5 Å². The van der Waals surface area contributed by atoms with Gasteiger partial charge in [-0.1, -0.05) is 32.0 Å². The molecule has 3 N–H and O–H groups in total. The van der Waals surface area contributed by atoms with E-state index in [4.69, 9.17) is 4.74 Å². The number of benzene rings is 2. The van der Waals surface area contributed by atoms with Crippen molar-refractivity contribution in [1.29, 1.82) is 0 Å². The predicted octanol–water partition coefficient (Wildman–Crippen LogP) is 4.39. The summed E-state index contributed by atoms with van der Waals surface area (Å²) in [7, 11) is 0. The quantitative estimate of drug-likeness (QED) is 0.416. The summed E-state index contributed by atoms with van der Waals surface area (Å²) in [5.74, 6) is -1.14. The molecule has 9 heteroatoms. The number of hydrogen-bond acceptors (Lipinski definition) is 6. The zero-order valence-corrected chi connectivity index (χ0v) is 24.6. The number of aryl methyl sites for hydroxylation is 2. The normalized spacial score (nSPS) is 29.3. The first-order valence-corrected chi connectivity index (χ1v) is 15.1. The summed E-state index contributed by atoms with van der Waals surface area (Å²) in [6, 6.07) is 11.7. The minimum Gasteiger partial charge on any atom is -0.494 e. The van der Waals surface area contributed by atoms with Crippen molar-refractivity contribution in [3.63, 3.8) is 0 Å². The fourth-order valence-corrected chi connectivity index (χ4v) is 9.50. The zero-order chi connectivity index (χ0) is 28.8.